The van der Waals surface area contributed by atoms with Gasteiger partial charge in [0.15, 0.2) is 0 Å². The second-order valence-corrected chi connectivity index (χ2v) is 5.45. The second-order valence-electron chi connectivity index (χ2n) is 5.45. The van der Waals surface area contributed by atoms with Gasteiger partial charge in [0.25, 0.3) is 11.8 Å². The van der Waals surface area contributed by atoms with E-state index in [1.165, 1.54) is 0 Å². The Morgan fingerprint density at radius 1 is 1.00 bits per heavy atom. The third kappa shape index (κ3) is 4.64. The predicted molar refractivity (Wildman–Crippen MR) is 87.3 cm³/mol. The molecule has 25 heavy (non-hydrogen) atoms. The van der Waals surface area contributed by atoms with Crippen LogP contribution < -0.4 is 10.6 Å². The monoisotopic (exact) mass is 342 g/mol. The van der Waals surface area contributed by atoms with Gasteiger partial charge in [-0.15, -0.1) is 0 Å². The molecule has 0 spiro atoms. The molecule has 0 radical (unpaired) electrons. The first-order valence-corrected chi connectivity index (χ1v) is 7.90. The van der Waals surface area contributed by atoms with Crippen LogP contribution in [0.5, 0.6) is 0 Å². The molecule has 8 heteroatoms. The average Bonchev–Trinajstić information content (AvgIpc) is 2.84. The summed E-state index contributed by atoms with van der Waals surface area (Å²) in [4.78, 5) is 48.2. The van der Waals surface area contributed by atoms with Crippen molar-refractivity contribution in [3.05, 3.63) is 35.4 Å². The quantitative estimate of drug-likeness (QED) is 0.517. The molecule has 0 fully saturated rings. The maximum absolute atomic E-state index is 12.1. The number of nitrogens with one attached hydrogen (secondary N) is 2. The highest BCUT2D eigenvalue weighted by Crippen LogP contribution is 2.22. The predicted octanol–water partition coefficient (Wildman–Crippen LogP) is 0.209. The number of nitriles is 1. The number of carbonyl (C=O) groups is 4. The number of carbonyl (C=O) groups excluding carboxylic acids is 4. The highest BCUT2D eigenvalue weighted by Gasteiger charge is 2.34. The van der Waals surface area contributed by atoms with Gasteiger partial charge >= 0.3 is 0 Å². The van der Waals surface area contributed by atoms with Crippen LogP contribution in [0, 0.1) is 11.3 Å². The van der Waals surface area contributed by atoms with Crippen LogP contribution in [0.2, 0.25) is 0 Å². The largest absolute Gasteiger partial charge is 0.356 e. The minimum atomic E-state index is -0.381. The molecule has 4 amide bonds. The van der Waals surface area contributed by atoms with E-state index >= 15 is 0 Å². The molecule has 0 bridgehead atoms. The standard InChI is InChI=1S/C17H18N4O4/c18-8-6-14(22)19-9-3-10-20-15(23)7-11-21-16(24)12-4-1-2-5-13(12)17(21)25/h1-2,4-5H,3,6-7,9-11H2,(H,19,22)(H,20,23). The summed E-state index contributed by atoms with van der Waals surface area (Å²) in [7, 11) is 0. The molecule has 130 valence electrons. The first-order valence-electron chi connectivity index (χ1n) is 7.90. The van der Waals surface area contributed by atoms with Gasteiger partial charge in [-0.2, -0.15) is 5.26 Å². The third-order valence-corrected chi connectivity index (χ3v) is 3.68. The van der Waals surface area contributed by atoms with Crippen molar-refractivity contribution in [3.63, 3.8) is 0 Å². The molecule has 0 aromatic heterocycles. The van der Waals surface area contributed by atoms with E-state index in [-0.39, 0.29) is 43.0 Å². The summed E-state index contributed by atoms with van der Waals surface area (Å²) in [6.45, 7) is 0.740. The van der Waals surface area contributed by atoms with Crippen LogP contribution in [-0.2, 0) is 9.59 Å². The number of hydrogen-bond donors (Lipinski definition) is 2. The van der Waals surface area contributed by atoms with Crippen LogP contribution in [-0.4, -0.2) is 48.2 Å². The zero-order valence-electron chi connectivity index (χ0n) is 13.6. The molecule has 1 aliphatic rings. The van der Waals surface area contributed by atoms with Gasteiger partial charge in [0.2, 0.25) is 11.8 Å². The van der Waals surface area contributed by atoms with Gasteiger partial charge in [-0.25, -0.2) is 0 Å². The van der Waals surface area contributed by atoms with Crippen LogP contribution in [0.4, 0.5) is 0 Å². The maximum atomic E-state index is 12.1. The molecule has 0 saturated carbocycles. The number of hydrogen-bond acceptors (Lipinski definition) is 5. The van der Waals surface area contributed by atoms with E-state index in [9.17, 15) is 19.2 Å². The fraction of sp³-hybridized carbons (Fsp3) is 0.353. The summed E-state index contributed by atoms with van der Waals surface area (Å²) in [6, 6.07) is 8.31. The molecule has 0 atom stereocenters. The first kappa shape index (κ1) is 18.1. The highest BCUT2D eigenvalue weighted by atomic mass is 16.2. The molecular formula is C17H18N4O4. The van der Waals surface area contributed by atoms with E-state index in [1.54, 1.807) is 30.3 Å². The van der Waals surface area contributed by atoms with Gasteiger partial charge in [-0.3, -0.25) is 24.1 Å². The number of benzene rings is 1. The van der Waals surface area contributed by atoms with Crippen molar-refractivity contribution < 1.29 is 19.2 Å². The van der Waals surface area contributed by atoms with Gasteiger partial charge in [0, 0.05) is 26.1 Å². The van der Waals surface area contributed by atoms with Crippen molar-refractivity contribution in [2.24, 2.45) is 0 Å². The average molecular weight is 342 g/mol. The van der Waals surface area contributed by atoms with Gasteiger partial charge in [0.05, 0.1) is 17.2 Å². The number of nitrogens with zero attached hydrogens (tertiary/aromatic N) is 2. The number of fused-ring (bicyclic) bond motifs is 1. The van der Waals surface area contributed by atoms with Crippen LogP contribution in [0.25, 0.3) is 0 Å². The van der Waals surface area contributed by atoms with E-state index < -0.39 is 0 Å². The van der Waals surface area contributed by atoms with Crippen LogP contribution in [0.15, 0.2) is 24.3 Å². The molecule has 1 aliphatic heterocycles. The van der Waals surface area contributed by atoms with Crippen LogP contribution in [0.1, 0.15) is 40.0 Å². The van der Waals surface area contributed by atoms with Crippen molar-refractivity contribution in [2.45, 2.75) is 19.3 Å². The van der Waals surface area contributed by atoms with Crippen molar-refractivity contribution in [1.29, 1.82) is 5.26 Å². The Bertz CT molecular complexity index is 703. The van der Waals surface area contributed by atoms with E-state index in [4.69, 9.17) is 5.26 Å². The Labute approximate surface area is 144 Å². The van der Waals surface area contributed by atoms with Crippen LogP contribution >= 0.6 is 0 Å². The highest BCUT2D eigenvalue weighted by molar-refractivity contribution is 6.21. The Hall–Kier alpha value is -3.21. The normalized spacial score (nSPS) is 12.5. The van der Waals surface area contributed by atoms with E-state index in [0.717, 1.165) is 4.90 Å². The number of rotatable bonds is 8. The minimum Gasteiger partial charge on any atom is -0.356 e. The van der Waals surface area contributed by atoms with Gasteiger partial charge in [0.1, 0.15) is 6.42 Å². The summed E-state index contributed by atoms with van der Waals surface area (Å²) < 4.78 is 0. The Kier molecular flexibility index (Phi) is 6.23. The molecule has 1 heterocycles. The lowest BCUT2D eigenvalue weighted by Crippen LogP contribution is -2.35. The SMILES string of the molecule is N#CCC(=O)NCCCNC(=O)CCN1C(=O)c2ccccc2C1=O. The van der Waals surface area contributed by atoms with Crippen LogP contribution in [0.3, 0.4) is 0 Å². The van der Waals surface area contributed by atoms with E-state index in [0.29, 0.717) is 30.6 Å². The Morgan fingerprint density at radius 3 is 2.12 bits per heavy atom. The van der Waals surface area contributed by atoms with Crippen molar-refractivity contribution in [1.82, 2.24) is 15.5 Å². The van der Waals surface area contributed by atoms with E-state index in [2.05, 4.69) is 10.6 Å². The fourth-order valence-electron chi connectivity index (χ4n) is 2.42. The van der Waals surface area contributed by atoms with Crippen molar-refractivity contribution >= 4 is 23.6 Å². The van der Waals surface area contributed by atoms with Gasteiger partial charge < -0.3 is 10.6 Å². The smallest absolute Gasteiger partial charge is 0.261 e. The second kappa shape index (κ2) is 8.59. The molecule has 2 rings (SSSR count). The summed E-state index contributed by atoms with van der Waals surface area (Å²) in [5.74, 6) is -1.39. The first-order chi connectivity index (χ1) is 12.0. The van der Waals surface area contributed by atoms with Crippen molar-refractivity contribution in [3.8, 4) is 6.07 Å². The molecule has 8 nitrogen and oxygen atoms in total. The lowest BCUT2D eigenvalue weighted by molar-refractivity contribution is -0.121. The number of amides is 4. The summed E-state index contributed by atoms with van der Waals surface area (Å²) in [5.41, 5.74) is 0.724. The van der Waals surface area contributed by atoms with Gasteiger partial charge in [-0.1, -0.05) is 12.1 Å². The molecule has 2 N–H and O–H groups in total. The minimum absolute atomic E-state index is 0.0201. The Morgan fingerprint density at radius 2 is 1.56 bits per heavy atom. The third-order valence-electron chi connectivity index (χ3n) is 3.68. The molecule has 0 unspecified atom stereocenters. The molecule has 0 aliphatic carbocycles. The topological polar surface area (TPSA) is 119 Å². The van der Waals surface area contributed by atoms with Crippen molar-refractivity contribution in [2.75, 3.05) is 19.6 Å². The lowest BCUT2D eigenvalue weighted by Gasteiger charge is -2.13. The zero-order valence-corrected chi connectivity index (χ0v) is 13.6. The summed E-state index contributed by atoms with van der Waals surface area (Å²) >= 11 is 0. The fourth-order valence-corrected chi connectivity index (χ4v) is 2.42. The Balaban J connectivity index is 1.68. The summed E-state index contributed by atoms with van der Waals surface area (Å²) in [5, 5.41) is 13.5. The van der Waals surface area contributed by atoms with Gasteiger partial charge in [-0.05, 0) is 18.6 Å². The zero-order chi connectivity index (χ0) is 18.2. The maximum Gasteiger partial charge on any atom is 0.261 e. The lowest BCUT2D eigenvalue weighted by atomic mass is 10.1. The summed E-state index contributed by atoms with van der Waals surface area (Å²) in [6.07, 6.45) is 0.356. The molecule has 1 aromatic carbocycles. The molecular weight excluding hydrogens is 324 g/mol. The van der Waals surface area contributed by atoms with E-state index in [1.807, 2.05) is 0 Å². The number of imide groups is 1. The molecule has 0 saturated heterocycles. The molecule has 1 aromatic rings.